The number of benzene rings is 1. The molecule has 2 heterocycles. The van der Waals surface area contributed by atoms with Crippen LogP contribution in [0.2, 0.25) is 0 Å². The second kappa shape index (κ2) is 6.86. The van der Waals surface area contributed by atoms with Crippen molar-refractivity contribution in [3.05, 3.63) is 35.6 Å². The molecule has 1 unspecified atom stereocenters. The van der Waals surface area contributed by atoms with E-state index in [1.165, 1.54) is 28.9 Å². The van der Waals surface area contributed by atoms with Crippen LogP contribution in [0.1, 0.15) is 24.7 Å². The number of nitrogens with zero attached hydrogens (tertiary/aromatic N) is 1. The smallest absolute Gasteiger partial charge is 0.134 e. The summed E-state index contributed by atoms with van der Waals surface area (Å²) in [6.45, 7) is 4.91. The highest BCUT2D eigenvalue weighted by Crippen LogP contribution is 2.29. The number of rotatable bonds is 6. The van der Waals surface area contributed by atoms with E-state index in [1.807, 2.05) is 6.07 Å². The van der Waals surface area contributed by atoms with Gasteiger partial charge in [-0.25, -0.2) is 0 Å². The fourth-order valence-corrected chi connectivity index (χ4v) is 4.24. The zero-order chi connectivity index (χ0) is 14.7. The fraction of sp³-hybridized carbons (Fsp3) is 0.529. The molecule has 2 aromatic rings. The third-order valence-corrected chi connectivity index (χ3v) is 5.40. The average molecular weight is 304 g/mol. The van der Waals surface area contributed by atoms with E-state index >= 15 is 0 Å². The van der Waals surface area contributed by atoms with Gasteiger partial charge < -0.3 is 9.73 Å². The Bertz CT molecular complexity index is 589. The molecule has 0 saturated carbocycles. The Kier molecular flexibility index (Phi) is 4.88. The first-order valence-corrected chi connectivity index (χ1v) is 8.93. The monoisotopic (exact) mass is 304 g/mol. The number of para-hydroxylation sites is 1. The van der Waals surface area contributed by atoms with Gasteiger partial charge in [0.15, 0.2) is 0 Å². The molecule has 1 atom stereocenters. The molecule has 1 aliphatic rings. The average Bonchev–Trinajstić information content (AvgIpc) is 3.13. The van der Waals surface area contributed by atoms with Crippen LogP contribution in [-0.2, 0) is 13.1 Å². The van der Waals surface area contributed by atoms with Crippen molar-refractivity contribution >= 4 is 22.7 Å². The van der Waals surface area contributed by atoms with E-state index in [1.54, 1.807) is 0 Å². The van der Waals surface area contributed by atoms with Crippen molar-refractivity contribution in [1.82, 2.24) is 10.2 Å². The van der Waals surface area contributed by atoms with Gasteiger partial charge in [0.2, 0.25) is 0 Å². The molecule has 1 aromatic heterocycles. The van der Waals surface area contributed by atoms with Crippen LogP contribution in [0.15, 0.2) is 28.7 Å². The summed E-state index contributed by atoms with van der Waals surface area (Å²) < 4.78 is 6.14. The topological polar surface area (TPSA) is 28.4 Å². The van der Waals surface area contributed by atoms with Gasteiger partial charge in [-0.2, -0.15) is 11.8 Å². The quantitative estimate of drug-likeness (QED) is 0.884. The Labute approximate surface area is 131 Å². The summed E-state index contributed by atoms with van der Waals surface area (Å²) in [4.78, 5) is 2.45. The minimum Gasteiger partial charge on any atom is -0.459 e. The summed E-state index contributed by atoms with van der Waals surface area (Å²) in [6.07, 6.45) is 1.30. The first-order chi connectivity index (χ1) is 10.3. The van der Waals surface area contributed by atoms with Crippen LogP contribution >= 0.6 is 11.8 Å². The molecule has 0 spiro atoms. The zero-order valence-electron chi connectivity index (χ0n) is 12.9. The third-order valence-electron chi connectivity index (χ3n) is 4.26. The van der Waals surface area contributed by atoms with Crippen LogP contribution in [0.4, 0.5) is 0 Å². The van der Waals surface area contributed by atoms with Gasteiger partial charge in [-0.15, -0.1) is 0 Å². The van der Waals surface area contributed by atoms with E-state index in [4.69, 9.17) is 4.42 Å². The molecular formula is C17H24N2OS. The summed E-state index contributed by atoms with van der Waals surface area (Å²) in [5.74, 6) is 3.66. The van der Waals surface area contributed by atoms with E-state index in [0.29, 0.717) is 6.04 Å². The number of thioether (sulfide) groups is 1. The van der Waals surface area contributed by atoms with E-state index in [0.717, 1.165) is 31.0 Å². The zero-order valence-corrected chi connectivity index (χ0v) is 13.7. The highest BCUT2D eigenvalue weighted by molar-refractivity contribution is 7.99. The maximum Gasteiger partial charge on any atom is 0.134 e. The van der Waals surface area contributed by atoms with Gasteiger partial charge in [-0.3, -0.25) is 4.90 Å². The first-order valence-electron chi connectivity index (χ1n) is 7.77. The van der Waals surface area contributed by atoms with Crippen molar-refractivity contribution in [2.75, 3.05) is 25.1 Å². The molecule has 3 nitrogen and oxygen atoms in total. The number of fused-ring (bicyclic) bond motifs is 1. The number of hydrogen-bond acceptors (Lipinski definition) is 4. The van der Waals surface area contributed by atoms with Crippen LogP contribution < -0.4 is 5.32 Å². The summed E-state index contributed by atoms with van der Waals surface area (Å²) >= 11 is 2.06. The normalized spacial score (nSPS) is 18.9. The van der Waals surface area contributed by atoms with Crippen LogP contribution in [0.3, 0.4) is 0 Å². The molecule has 1 fully saturated rings. The Morgan fingerprint density at radius 1 is 1.38 bits per heavy atom. The molecule has 1 aliphatic heterocycles. The highest BCUT2D eigenvalue weighted by atomic mass is 32.2. The molecule has 0 aliphatic carbocycles. The Morgan fingerprint density at radius 3 is 3.00 bits per heavy atom. The Morgan fingerprint density at radius 2 is 2.24 bits per heavy atom. The van der Waals surface area contributed by atoms with Gasteiger partial charge in [-0.05, 0) is 31.8 Å². The largest absolute Gasteiger partial charge is 0.459 e. The first kappa shape index (κ1) is 14.9. The van der Waals surface area contributed by atoms with Gasteiger partial charge >= 0.3 is 0 Å². The summed E-state index contributed by atoms with van der Waals surface area (Å²) in [5, 5.41) is 4.70. The molecule has 1 saturated heterocycles. The van der Waals surface area contributed by atoms with Gasteiger partial charge in [0.25, 0.3) is 0 Å². The van der Waals surface area contributed by atoms with Crippen molar-refractivity contribution in [2.24, 2.45) is 0 Å². The van der Waals surface area contributed by atoms with Crippen molar-refractivity contribution < 1.29 is 4.42 Å². The van der Waals surface area contributed by atoms with Crippen LogP contribution in [0.5, 0.6) is 0 Å². The molecule has 21 heavy (non-hydrogen) atoms. The van der Waals surface area contributed by atoms with Gasteiger partial charge in [-0.1, -0.05) is 25.1 Å². The van der Waals surface area contributed by atoms with Crippen LogP contribution in [-0.4, -0.2) is 36.0 Å². The van der Waals surface area contributed by atoms with E-state index < -0.39 is 0 Å². The minimum atomic E-state index is 0.690. The second-order valence-corrected chi connectivity index (χ2v) is 6.86. The molecule has 1 aromatic carbocycles. The summed E-state index contributed by atoms with van der Waals surface area (Å²) in [7, 11) is 2.22. The summed E-state index contributed by atoms with van der Waals surface area (Å²) in [6, 6.07) is 9.06. The fourth-order valence-electron chi connectivity index (χ4n) is 2.95. The van der Waals surface area contributed by atoms with Crippen molar-refractivity contribution in [3.63, 3.8) is 0 Å². The maximum atomic E-state index is 6.14. The van der Waals surface area contributed by atoms with Crippen LogP contribution in [0.25, 0.3) is 11.0 Å². The summed E-state index contributed by atoms with van der Waals surface area (Å²) in [5.41, 5.74) is 2.33. The molecule has 0 radical (unpaired) electrons. The van der Waals surface area contributed by atoms with Gasteiger partial charge in [0, 0.05) is 29.3 Å². The predicted octanol–water partition coefficient (Wildman–Crippen LogP) is 3.48. The van der Waals surface area contributed by atoms with Crippen molar-refractivity contribution in [3.8, 4) is 0 Å². The standard InChI is InChI=1S/C17H24N2OS/c1-3-18-10-15-14-6-4-5-7-16(14)20-17(15)11-19(2)13-8-9-21-12-13/h4-7,13,18H,3,8-12H2,1-2H3. The molecule has 1 N–H and O–H groups in total. The van der Waals surface area contributed by atoms with E-state index in [9.17, 15) is 0 Å². The lowest BCUT2D eigenvalue weighted by Crippen LogP contribution is -2.31. The van der Waals surface area contributed by atoms with Crippen LogP contribution in [0, 0.1) is 0 Å². The number of furan rings is 1. The van der Waals surface area contributed by atoms with E-state index in [2.05, 4.69) is 54.1 Å². The number of nitrogens with one attached hydrogen (secondary N) is 1. The second-order valence-electron chi connectivity index (χ2n) is 5.71. The van der Waals surface area contributed by atoms with Gasteiger partial charge in [0.05, 0.1) is 6.54 Å². The van der Waals surface area contributed by atoms with Gasteiger partial charge in [0.1, 0.15) is 11.3 Å². The minimum absolute atomic E-state index is 0.690. The molecular weight excluding hydrogens is 280 g/mol. The Hall–Kier alpha value is -0.970. The molecule has 3 rings (SSSR count). The Balaban J connectivity index is 1.85. The van der Waals surface area contributed by atoms with E-state index in [-0.39, 0.29) is 0 Å². The number of hydrogen-bond donors (Lipinski definition) is 1. The van der Waals surface area contributed by atoms with Crippen molar-refractivity contribution in [2.45, 2.75) is 32.5 Å². The highest BCUT2D eigenvalue weighted by Gasteiger charge is 2.22. The van der Waals surface area contributed by atoms with Crippen molar-refractivity contribution in [1.29, 1.82) is 0 Å². The lowest BCUT2D eigenvalue weighted by atomic mass is 10.1. The lowest BCUT2D eigenvalue weighted by molar-refractivity contribution is 0.235. The predicted molar refractivity (Wildman–Crippen MR) is 90.8 cm³/mol. The third kappa shape index (κ3) is 3.28. The molecule has 0 amide bonds. The lowest BCUT2D eigenvalue weighted by Gasteiger charge is -2.22. The molecule has 4 heteroatoms. The SMILES string of the molecule is CCNCc1c(CN(C)C2CCSC2)oc2ccccc12. The molecule has 0 bridgehead atoms. The maximum absolute atomic E-state index is 6.14. The molecule has 114 valence electrons.